The average molecular weight is 388 g/mol. The molecule has 5 nitrogen and oxygen atoms in total. The third-order valence-corrected chi connectivity index (χ3v) is 3.54. The Bertz CT molecular complexity index is 493. The molecule has 130 valence electrons. The lowest BCUT2D eigenvalue weighted by Crippen LogP contribution is -3.00. The maximum absolute atomic E-state index is 11.2. The molecular formula is C17H26BrNO4. The summed E-state index contributed by atoms with van der Waals surface area (Å²) in [5.74, 6) is -0.272. The molecule has 0 amide bonds. The topological polar surface area (TPSA) is 44.8 Å². The zero-order valence-corrected chi connectivity index (χ0v) is 15.8. The number of carbonyl (C=O) groups is 1. The van der Waals surface area contributed by atoms with Crippen LogP contribution in [0.5, 0.6) is 0 Å². The highest BCUT2D eigenvalue weighted by molar-refractivity contribution is 5.65. The highest BCUT2D eigenvalue weighted by Gasteiger charge is 2.43. The van der Waals surface area contributed by atoms with E-state index in [0.717, 1.165) is 16.6 Å². The van der Waals surface area contributed by atoms with Crippen LogP contribution in [0.3, 0.4) is 0 Å². The standard InChI is InChI=1S/C17H26NO4.BrH/c1-14(19)20-11-17(10-18(2,3)4)12-21-16(22-13-17)15-8-6-5-7-9-15;/h5-9,16H,10-13H2,1-4H3;1H/q+1;/p-1. The fraction of sp³-hybridized carbons (Fsp3) is 0.588. The SMILES string of the molecule is CC(=O)OCC1(C[N+](C)(C)C)COC(c2ccccc2)OC1.[Br-]. The molecule has 6 heteroatoms. The third kappa shape index (κ3) is 6.22. The van der Waals surface area contributed by atoms with E-state index >= 15 is 0 Å². The maximum Gasteiger partial charge on any atom is 0.302 e. The molecule has 1 aromatic rings. The van der Waals surface area contributed by atoms with Crippen LogP contribution < -0.4 is 17.0 Å². The van der Waals surface area contributed by atoms with E-state index < -0.39 is 0 Å². The number of ether oxygens (including phenoxy) is 3. The summed E-state index contributed by atoms with van der Waals surface area (Å²) in [5.41, 5.74) is 0.698. The van der Waals surface area contributed by atoms with E-state index in [1.54, 1.807) is 0 Å². The average Bonchev–Trinajstić information content (AvgIpc) is 2.45. The first-order valence-electron chi connectivity index (χ1n) is 7.52. The zero-order valence-electron chi connectivity index (χ0n) is 14.3. The van der Waals surface area contributed by atoms with Crippen molar-refractivity contribution in [3.63, 3.8) is 0 Å². The second-order valence-electron chi connectivity index (χ2n) is 7.09. The quantitative estimate of drug-likeness (QED) is 0.479. The number of halogens is 1. The lowest BCUT2D eigenvalue weighted by Gasteiger charge is -2.42. The summed E-state index contributed by atoms with van der Waals surface area (Å²) >= 11 is 0. The molecule has 0 atom stereocenters. The molecule has 1 heterocycles. The largest absolute Gasteiger partial charge is 1.00 e. The molecular weight excluding hydrogens is 362 g/mol. The van der Waals surface area contributed by atoms with Gasteiger partial charge in [0.2, 0.25) is 0 Å². The first-order valence-corrected chi connectivity index (χ1v) is 7.52. The molecule has 0 aromatic heterocycles. The van der Waals surface area contributed by atoms with Gasteiger partial charge >= 0.3 is 5.97 Å². The van der Waals surface area contributed by atoms with E-state index in [4.69, 9.17) is 14.2 Å². The summed E-state index contributed by atoms with van der Waals surface area (Å²) in [5, 5.41) is 0. The Labute approximate surface area is 148 Å². The van der Waals surface area contributed by atoms with E-state index in [2.05, 4.69) is 21.1 Å². The summed E-state index contributed by atoms with van der Waals surface area (Å²) in [6.07, 6.45) is -0.348. The normalized spacial score (nSPS) is 24.6. The molecule has 1 aliphatic rings. The van der Waals surface area contributed by atoms with Crippen LogP contribution >= 0.6 is 0 Å². The van der Waals surface area contributed by atoms with Gasteiger partial charge in [-0.2, -0.15) is 0 Å². The predicted octanol–water partition coefficient (Wildman–Crippen LogP) is -1.01. The van der Waals surface area contributed by atoms with E-state index in [9.17, 15) is 4.79 Å². The smallest absolute Gasteiger partial charge is 0.302 e. The third-order valence-electron chi connectivity index (χ3n) is 3.54. The van der Waals surface area contributed by atoms with Gasteiger partial charge in [-0.25, -0.2) is 0 Å². The van der Waals surface area contributed by atoms with Crippen molar-refractivity contribution in [1.29, 1.82) is 0 Å². The van der Waals surface area contributed by atoms with Crippen LogP contribution in [0.2, 0.25) is 0 Å². The van der Waals surface area contributed by atoms with Crippen LogP contribution in [0.15, 0.2) is 30.3 Å². The minimum absolute atomic E-state index is 0. The second kappa shape index (κ2) is 8.24. The van der Waals surface area contributed by atoms with E-state index in [1.165, 1.54) is 6.92 Å². The van der Waals surface area contributed by atoms with Gasteiger partial charge in [-0.05, 0) is 0 Å². The molecule has 0 radical (unpaired) electrons. The second-order valence-corrected chi connectivity index (χ2v) is 7.09. The summed E-state index contributed by atoms with van der Waals surface area (Å²) in [4.78, 5) is 11.2. The Hall–Kier alpha value is -0.950. The van der Waals surface area contributed by atoms with Crippen molar-refractivity contribution in [2.75, 3.05) is 47.5 Å². The number of hydrogen-bond acceptors (Lipinski definition) is 4. The molecule has 0 N–H and O–H groups in total. The highest BCUT2D eigenvalue weighted by Crippen LogP contribution is 2.33. The minimum Gasteiger partial charge on any atom is -1.00 e. The lowest BCUT2D eigenvalue weighted by atomic mass is 9.88. The van der Waals surface area contributed by atoms with Gasteiger partial charge in [-0.1, -0.05) is 30.3 Å². The first-order chi connectivity index (χ1) is 10.3. The van der Waals surface area contributed by atoms with E-state index in [1.807, 2.05) is 30.3 Å². The molecule has 0 saturated carbocycles. The molecule has 1 fully saturated rings. The van der Waals surface area contributed by atoms with Crippen LogP contribution in [0.1, 0.15) is 18.8 Å². The molecule has 0 spiro atoms. The minimum atomic E-state index is -0.348. The van der Waals surface area contributed by atoms with Gasteiger partial charge in [-0.3, -0.25) is 4.79 Å². The summed E-state index contributed by atoms with van der Waals surface area (Å²) in [7, 11) is 6.33. The Balaban J connectivity index is 0.00000264. The van der Waals surface area contributed by atoms with Crippen LogP contribution in [-0.4, -0.2) is 58.0 Å². The highest BCUT2D eigenvalue weighted by atomic mass is 79.9. The molecule has 1 saturated heterocycles. The van der Waals surface area contributed by atoms with Gasteiger partial charge in [0.15, 0.2) is 6.29 Å². The van der Waals surface area contributed by atoms with Crippen LogP contribution in [0.4, 0.5) is 0 Å². The Kier molecular flexibility index (Phi) is 7.20. The summed E-state index contributed by atoms with van der Waals surface area (Å²) < 4.78 is 17.9. The number of esters is 1. The fourth-order valence-corrected chi connectivity index (χ4v) is 2.88. The number of nitrogens with zero attached hydrogens (tertiary/aromatic N) is 1. The van der Waals surface area contributed by atoms with Gasteiger partial charge in [0.05, 0.1) is 40.9 Å². The van der Waals surface area contributed by atoms with Crippen LogP contribution in [0.25, 0.3) is 0 Å². The molecule has 23 heavy (non-hydrogen) atoms. The number of quaternary nitrogens is 1. The lowest BCUT2D eigenvalue weighted by molar-refractivity contribution is -0.878. The number of benzene rings is 1. The fourth-order valence-electron chi connectivity index (χ4n) is 2.88. The van der Waals surface area contributed by atoms with Crippen molar-refractivity contribution < 1.29 is 40.5 Å². The van der Waals surface area contributed by atoms with Gasteiger partial charge in [-0.15, -0.1) is 0 Å². The van der Waals surface area contributed by atoms with Gasteiger partial charge in [0, 0.05) is 12.5 Å². The van der Waals surface area contributed by atoms with Crippen molar-refractivity contribution in [2.24, 2.45) is 5.41 Å². The van der Waals surface area contributed by atoms with Crippen LogP contribution in [0, 0.1) is 5.41 Å². The number of carbonyl (C=O) groups excluding carboxylic acids is 1. The monoisotopic (exact) mass is 387 g/mol. The zero-order chi connectivity index (χ0) is 16.2. The molecule has 1 aromatic carbocycles. The number of hydrogen-bond donors (Lipinski definition) is 0. The molecule has 2 rings (SSSR count). The number of rotatable bonds is 5. The molecule has 0 unspecified atom stereocenters. The van der Waals surface area contributed by atoms with Crippen molar-refractivity contribution >= 4 is 5.97 Å². The van der Waals surface area contributed by atoms with Crippen molar-refractivity contribution in [3.8, 4) is 0 Å². The van der Waals surface area contributed by atoms with Gasteiger partial charge in [0.25, 0.3) is 0 Å². The molecule has 0 aliphatic carbocycles. The van der Waals surface area contributed by atoms with Crippen LogP contribution in [-0.2, 0) is 19.0 Å². The van der Waals surface area contributed by atoms with E-state index in [-0.39, 0.29) is 34.7 Å². The Morgan fingerprint density at radius 3 is 2.26 bits per heavy atom. The Morgan fingerprint density at radius 2 is 1.78 bits per heavy atom. The van der Waals surface area contributed by atoms with Gasteiger partial charge < -0.3 is 35.7 Å². The van der Waals surface area contributed by atoms with Crippen molar-refractivity contribution in [2.45, 2.75) is 13.2 Å². The summed E-state index contributed by atoms with van der Waals surface area (Å²) in [6.45, 7) is 3.57. The Morgan fingerprint density at radius 1 is 1.22 bits per heavy atom. The van der Waals surface area contributed by atoms with E-state index in [0.29, 0.717) is 19.8 Å². The molecule has 1 aliphatic heterocycles. The van der Waals surface area contributed by atoms with Gasteiger partial charge in [0.1, 0.15) is 12.0 Å². The molecule has 0 bridgehead atoms. The summed E-state index contributed by atoms with van der Waals surface area (Å²) in [6, 6.07) is 9.88. The predicted molar refractivity (Wildman–Crippen MR) is 83.1 cm³/mol. The van der Waals surface area contributed by atoms with Crippen molar-refractivity contribution in [3.05, 3.63) is 35.9 Å². The maximum atomic E-state index is 11.2. The first kappa shape index (κ1) is 20.1. The van der Waals surface area contributed by atoms with Crippen molar-refractivity contribution in [1.82, 2.24) is 0 Å².